The third kappa shape index (κ3) is 5.48. The fourth-order valence-corrected chi connectivity index (χ4v) is 4.84. The molecule has 3 aromatic rings. The number of hydrogen-bond donors (Lipinski definition) is 2. The van der Waals surface area contributed by atoms with E-state index in [1.807, 2.05) is 36.4 Å². The third-order valence-electron chi connectivity index (χ3n) is 4.17. The van der Waals surface area contributed by atoms with Crippen molar-refractivity contribution in [3.05, 3.63) is 65.9 Å². The molecule has 1 heterocycles. The summed E-state index contributed by atoms with van der Waals surface area (Å²) < 4.78 is 38.1. The first-order chi connectivity index (χ1) is 14.8. The van der Waals surface area contributed by atoms with Gasteiger partial charge in [-0.3, -0.25) is 4.72 Å². The van der Waals surface area contributed by atoms with Crippen LogP contribution in [0.3, 0.4) is 0 Å². The molecule has 0 bridgehead atoms. The number of aromatic carboxylic acids is 1. The topological polar surface area (TPSA) is 115 Å². The van der Waals surface area contributed by atoms with Crippen molar-refractivity contribution in [1.29, 1.82) is 0 Å². The lowest BCUT2D eigenvalue weighted by Crippen LogP contribution is -2.12. The Hall–Kier alpha value is -3.21. The van der Waals surface area contributed by atoms with Gasteiger partial charge in [-0.1, -0.05) is 36.4 Å². The lowest BCUT2D eigenvalue weighted by Gasteiger charge is -2.11. The van der Waals surface area contributed by atoms with Crippen LogP contribution in [-0.4, -0.2) is 45.3 Å². The number of carboxylic acid groups (broad SMARTS) is 1. The summed E-state index contributed by atoms with van der Waals surface area (Å²) in [7, 11) is -0.982. The van der Waals surface area contributed by atoms with E-state index in [1.165, 1.54) is 31.5 Å². The van der Waals surface area contributed by atoms with E-state index in [0.29, 0.717) is 11.6 Å². The van der Waals surface area contributed by atoms with Gasteiger partial charge in [-0.25, -0.2) is 18.2 Å². The van der Waals surface area contributed by atoms with E-state index in [1.54, 1.807) is 7.11 Å². The highest BCUT2D eigenvalue weighted by atomic mass is 32.2. The van der Waals surface area contributed by atoms with Crippen LogP contribution >= 0.6 is 11.3 Å². The van der Waals surface area contributed by atoms with Crippen LogP contribution in [0.4, 0.5) is 5.69 Å². The fraction of sp³-hybridized carbons (Fsp3) is 0.143. The summed E-state index contributed by atoms with van der Waals surface area (Å²) in [6.07, 6.45) is 5.11. The molecule has 8 nitrogen and oxygen atoms in total. The number of ether oxygens (including phenoxy) is 2. The second-order valence-electron chi connectivity index (χ2n) is 6.29. The number of hydrogen-bond acceptors (Lipinski definition) is 7. The number of thiazole rings is 1. The smallest absolute Gasteiger partial charge is 0.335 e. The largest absolute Gasteiger partial charge is 0.495 e. The Morgan fingerprint density at radius 3 is 2.58 bits per heavy atom. The molecule has 0 saturated carbocycles. The van der Waals surface area contributed by atoms with Gasteiger partial charge in [-0.05, 0) is 23.8 Å². The molecule has 31 heavy (non-hydrogen) atoms. The first kappa shape index (κ1) is 22.5. The fourth-order valence-electron chi connectivity index (χ4n) is 2.64. The molecule has 0 atom stereocenters. The summed E-state index contributed by atoms with van der Waals surface area (Å²) in [6.45, 7) is 0.520. The summed E-state index contributed by atoms with van der Waals surface area (Å²) in [5.74, 6) is -1.04. The third-order valence-corrected chi connectivity index (χ3v) is 7.05. The minimum atomic E-state index is -3.94. The van der Waals surface area contributed by atoms with Crippen LogP contribution in [0.5, 0.6) is 5.75 Å². The molecule has 0 unspecified atom stereocenters. The Morgan fingerprint density at radius 1 is 1.19 bits per heavy atom. The normalized spacial score (nSPS) is 11.5. The molecule has 0 fully saturated rings. The van der Waals surface area contributed by atoms with Gasteiger partial charge in [0.15, 0.2) is 4.21 Å². The summed E-state index contributed by atoms with van der Waals surface area (Å²) in [4.78, 5) is 15.3. The lowest BCUT2D eigenvalue weighted by molar-refractivity contribution is 0.0696. The van der Waals surface area contributed by atoms with Crippen molar-refractivity contribution < 1.29 is 27.8 Å². The van der Waals surface area contributed by atoms with E-state index in [0.717, 1.165) is 22.5 Å². The van der Waals surface area contributed by atoms with Crippen LogP contribution < -0.4 is 9.46 Å². The van der Waals surface area contributed by atoms with Crippen LogP contribution in [-0.2, 0) is 14.8 Å². The average molecular weight is 461 g/mol. The van der Waals surface area contributed by atoms with E-state index in [4.69, 9.17) is 14.6 Å². The highest BCUT2D eigenvalue weighted by Gasteiger charge is 2.21. The monoisotopic (exact) mass is 460 g/mol. The number of anilines is 1. The zero-order chi connectivity index (χ0) is 22.4. The van der Waals surface area contributed by atoms with Gasteiger partial charge >= 0.3 is 5.97 Å². The van der Waals surface area contributed by atoms with E-state index in [2.05, 4.69) is 9.71 Å². The maximum atomic E-state index is 12.8. The molecule has 0 aliphatic rings. The molecule has 0 radical (unpaired) electrons. The molecule has 2 N–H and O–H groups in total. The van der Waals surface area contributed by atoms with E-state index in [9.17, 15) is 13.2 Å². The van der Waals surface area contributed by atoms with Gasteiger partial charge in [0.25, 0.3) is 10.0 Å². The number of aromatic nitrogens is 1. The van der Waals surface area contributed by atoms with Crippen molar-refractivity contribution in [2.24, 2.45) is 0 Å². The number of benzene rings is 2. The summed E-state index contributed by atoms with van der Waals surface area (Å²) in [5.41, 5.74) is 1.90. The van der Waals surface area contributed by atoms with Gasteiger partial charge in [0.2, 0.25) is 0 Å². The highest BCUT2D eigenvalue weighted by molar-refractivity contribution is 7.94. The van der Waals surface area contributed by atoms with E-state index >= 15 is 0 Å². The van der Waals surface area contributed by atoms with Crippen molar-refractivity contribution in [3.8, 4) is 16.3 Å². The van der Waals surface area contributed by atoms with Crippen LogP contribution in [0.25, 0.3) is 16.6 Å². The summed E-state index contributed by atoms with van der Waals surface area (Å²) in [6, 6.07) is 11.4. The second kappa shape index (κ2) is 9.73. The Labute approximate surface area is 183 Å². The first-order valence-corrected chi connectivity index (χ1v) is 11.3. The number of carbonyl (C=O) groups is 1. The van der Waals surface area contributed by atoms with Crippen LogP contribution in [0.1, 0.15) is 15.9 Å². The molecule has 0 aliphatic heterocycles. The van der Waals surface area contributed by atoms with Gasteiger partial charge in [0.05, 0.1) is 31.2 Å². The van der Waals surface area contributed by atoms with E-state index in [-0.39, 0.29) is 21.2 Å². The van der Waals surface area contributed by atoms with Crippen molar-refractivity contribution in [3.63, 3.8) is 0 Å². The predicted octanol–water partition coefficient (Wildman–Crippen LogP) is 3.98. The molecular weight excluding hydrogens is 440 g/mol. The molecule has 2 aromatic carbocycles. The number of sulfonamides is 1. The SMILES string of the molecule is COC/C=C/c1ccc(-c2ncc(S(=O)(=O)Nc3ccc(C(=O)O)cc3OC)s2)cc1. The molecular formula is C21H20N2O6S2. The number of carboxylic acids is 1. The zero-order valence-electron chi connectivity index (χ0n) is 16.7. The minimum absolute atomic E-state index is 0.0135. The summed E-state index contributed by atoms with van der Waals surface area (Å²) >= 11 is 1.03. The highest BCUT2D eigenvalue weighted by Crippen LogP contribution is 2.32. The van der Waals surface area contributed by atoms with Gasteiger partial charge in [-0.15, -0.1) is 11.3 Å². The zero-order valence-corrected chi connectivity index (χ0v) is 18.4. The molecule has 0 saturated heterocycles. The maximum absolute atomic E-state index is 12.8. The lowest BCUT2D eigenvalue weighted by atomic mass is 10.1. The number of nitrogens with one attached hydrogen (secondary N) is 1. The number of rotatable bonds is 9. The standard InChI is InChI=1S/C21H20N2O6S2/c1-28-11-3-4-14-5-7-15(8-6-14)20-22-13-19(30-20)31(26,27)23-17-10-9-16(21(24)25)12-18(17)29-2/h3-10,12-13,23H,11H2,1-2H3,(H,24,25)/b4-3+. The predicted molar refractivity (Wildman–Crippen MR) is 119 cm³/mol. The van der Waals surface area contributed by atoms with Gasteiger partial charge in [0, 0.05) is 12.7 Å². The molecule has 3 rings (SSSR count). The summed E-state index contributed by atoms with van der Waals surface area (Å²) in [5, 5.41) is 9.63. The van der Waals surface area contributed by atoms with Crippen molar-refractivity contribution in [2.45, 2.75) is 4.21 Å². The molecule has 162 valence electrons. The van der Waals surface area contributed by atoms with Crippen molar-refractivity contribution >= 4 is 39.1 Å². The van der Waals surface area contributed by atoms with Crippen molar-refractivity contribution in [1.82, 2.24) is 4.98 Å². The number of methoxy groups -OCH3 is 2. The van der Waals surface area contributed by atoms with Crippen LogP contribution in [0.15, 0.2) is 58.9 Å². The Balaban J connectivity index is 1.81. The van der Waals surface area contributed by atoms with Crippen molar-refractivity contribution in [2.75, 3.05) is 25.5 Å². The molecule has 10 heteroatoms. The minimum Gasteiger partial charge on any atom is -0.495 e. The quantitative estimate of drug-likeness (QED) is 0.496. The van der Waals surface area contributed by atoms with Crippen LogP contribution in [0, 0.1) is 0 Å². The Kier molecular flexibility index (Phi) is 7.06. The van der Waals surface area contributed by atoms with E-state index < -0.39 is 16.0 Å². The maximum Gasteiger partial charge on any atom is 0.335 e. The molecule has 0 spiro atoms. The Bertz CT molecular complexity index is 1200. The van der Waals surface area contributed by atoms with Gasteiger partial charge in [-0.2, -0.15) is 0 Å². The second-order valence-corrected chi connectivity index (χ2v) is 9.23. The van der Waals surface area contributed by atoms with Gasteiger partial charge in [0.1, 0.15) is 10.8 Å². The first-order valence-electron chi connectivity index (χ1n) is 9.00. The Morgan fingerprint density at radius 2 is 1.94 bits per heavy atom. The molecule has 0 aliphatic carbocycles. The molecule has 1 aromatic heterocycles. The average Bonchev–Trinajstić information content (AvgIpc) is 3.26. The molecule has 0 amide bonds. The van der Waals surface area contributed by atoms with Crippen LogP contribution in [0.2, 0.25) is 0 Å². The van der Waals surface area contributed by atoms with Gasteiger partial charge < -0.3 is 14.6 Å². The number of nitrogens with zero attached hydrogens (tertiary/aromatic N) is 1.